The Balaban J connectivity index is 0.809. The van der Waals surface area contributed by atoms with Crippen LogP contribution in [-0.2, 0) is 25.6 Å². The standard InChI is InChI=1S/C41H41FN8O8/c42-29-13-12-24(22-31-25-7-3-4-8-26(25)37(54)47-46-31)21-28(29)39(56)49-19-17-48(18-20-49)35(53)11-2-1-5-16-43-23-34(52)44-30-10-6-9-27-36(30)41(58)50(40(27)57)32-14-15-33(51)45-38(32)55/h3-4,6-10,12-13,21,32,43H,1-2,5,11,14-20,22-23H2,(H,44,52)(H,47,54)(H,45,51,55). The molecule has 4 N–H and O–H groups in total. The van der Waals surface area contributed by atoms with Gasteiger partial charge in [-0.3, -0.25) is 48.6 Å². The molecule has 0 radical (unpaired) electrons. The maximum atomic E-state index is 14.9. The van der Waals surface area contributed by atoms with Crippen molar-refractivity contribution in [2.45, 2.75) is 51.0 Å². The molecule has 4 heterocycles. The summed E-state index contributed by atoms with van der Waals surface area (Å²) < 4.78 is 14.9. The summed E-state index contributed by atoms with van der Waals surface area (Å²) in [6.07, 6.45) is 2.66. The normalized spacial score (nSPS) is 16.8. The Hall–Kier alpha value is -6.62. The number of piperidine rings is 1. The minimum atomic E-state index is -1.11. The number of aromatic nitrogens is 2. The molecule has 7 amide bonds. The summed E-state index contributed by atoms with van der Waals surface area (Å²) in [6, 6.07) is 14.8. The number of fused-ring (bicyclic) bond motifs is 2. The number of piperazine rings is 1. The maximum absolute atomic E-state index is 14.9. The second-order valence-electron chi connectivity index (χ2n) is 14.4. The zero-order valence-corrected chi connectivity index (χ0v) is 31.5. The topological polar surface area (TPSA) is 211 Å². The highest BCUT2D eigenvalue weighted by Gasteiger charge is 2.45. The number of imide groups is 2. The van der Waals surface area contributed by atoms with E-state index in [1.165, 1.54) is 30.3 Å². The lowest BCUT2D eigenvalue weighted by molar-refractivity contribution is -0.136. The number of hydrogen-bond acceptors (Lipinski definition) is 10. The predicted molar refractivity (Wildman–Crippen MR) is 207 cm³/mol. The van der Waals surface area contributed by atoms with Crippen LogP contribution < -0.4 is 21.5 Å². The van der Waals surface area contributed by atoms with Gasteiger partial charge in [0.1, 0.15) is 11.9 Å². The van der Waals surface area contributed by atoms with Crippen molar-refractivity contribution in [2.24, 2.45) is 0 Å². The second kappa shape index (κ2) is 17.3. The number of amides is 7. The number of benzene rings is 3. The fourth-order valence-corrected chi connectivity index (χ4v) is 7.55. The average molecular weight is 793 g/mol. The number of halogens is 1. The molecular formula is C41H41FN8O8. The first-order chi connectivity index (χ1) is 28.0. The van der Waals surface area contributed by atoms with Crippen molar-refractivity contribution in [1.82, 2.24) is 35.5 Å². The number of rotatable bonds is 13. The van der Waals surface area contributed by atoms with E-state index in [0.29, 0.717) is 60.9 Å². The molecule has 4 aromatic rings. The first-order valence-corrected chi connectivity index (χ1v) is 19.2. The van der Waals surface area contributed by atoms with Gasteiger partial charge in [-0.2, -0.15) is 5.10 Å². The molecule has 1 aromatic heterocycles. The van der Waals surface area contributed by atoms with Crippen molar-refractivity contribution in [3.8, 4) is 0 Å². The van der Waals surface area contributed by atoms with Gasteiger partial charge in [-0.05, 0) is 61.7 Å². The second-order valence-corrected chi connectivity index (χ2v) is 14.4. The van der Waals surface area contributed by atoms with Crippen LogP contribution in [0.25, 0.3) is 10.8 Å². The van der Waals surface area contributed by atoms with Crippen LogP contribution in [0.2, 0.25) is 0 Å². The Morgan fingerprint density at radius 1 is 0.845 bits per heavy atom. The summed E-state index contributed by atoms with van der Waals surface area (Å²) in [6.45, 7) is 1.61. The number of nitrogens with one attached hydrogen (secondary N) is 4. The summed E-state index contributed by atoms with van der Waals surface area (Å²) in [7, 11) is 0. The predicted octanol–water partition coefficient (Wildman–Crippen LogP) is 2.13. The summed E-state index contributed by atoms with van der Waals surface area (Å²) in [5.74, 6) is -4.14. The smallest absolute Gasteiger partial charge is 0.272 e. The molecule has 16 nitrogen and oxygen atoms in total. The zero-order chi connectivity index (χ0) is 40.9. The maximum Gasteiger partial charge on any atom is 0.272 e. The number of carbonyl (C=O) groups excluding carboxylic acids is 7. The van der Waals surface area contributed by atoms with Gasteiger partial charge in [-0.15, -0.1) is 0 Å². The van der Waals surface area contributed by atoms with Crippen molar-refractivity contribution in [3.63, 3.8) is 0 Å². The van der Waals surface area contributed by atoms with Crippen LogP contribution in [0.15, 0.2) is 65.5 Å². The van der Waals surface area contributed by atoms with E-state index in [9.17, 15) is 42.7 Å². The third kappa shape index (κ3) is 8.39. The quantitative estimate of drug-likeness (QED) is 0.114. The molecule has 0 bridgehead atoms. The minimum Gasteiger partial charge on any atom is -0.339 e. The summed E-state index contributed by atoms with van der Waals surface area (Å²) >= 11 is 0. The zero-order valence-electron chi connectivity index (χ0n) is 31.5. The molecule has 2 saturated heterocycles. The first-order valence-electron chi connectivity index (χ1n) is 19.2. The van der Waals surface area contributed by atoms with E-state index in [2.05, 4.69) is 26.1 Å². The molecule has 0 aliphatic carbocycles. The average Bonchev–Trinajstić information content (AvgIpc) is 3.48. The highest BCUT2D eigenvalue weighted by Crippen LogP contribution is 2.32. The van der Waals surface area contributed by atoms with Crippen LogP contribution in [0, 0.1) is 5.82 Å². The van der Waals surface area contributed by atoms with E-state index in [1.807, 2.05) is 0 Å². The van der Waals surface area contributed by atoms with Crippen molar-refractivity contribution in [1.29, 1.82) is 0 Å². The lowest BCUT2D eigenvalue weighted by Crippen LogP contribution is -2.54. The molecule has 0 saturated carbocycles. The Morgan fingerprint density at radius 3 is 2.38 bits per heavy atom. The third-order valence-corrected chi connectivity index (χ3v) is 10.6. The van der Waals surface area contributed by atoms with Crippen LogP contribution in [0.3, 0.4) is 0 Å². The van der Waals surface area contributed by atoms with Crippen LogP contribution in [-0.4, -0.2) is 112 Å². The summed E-state index contributed by atoms with van der Waals surface area (Å²) in [5, 5.41) is 15.7. The number of unbranched alkanes of at least 4 members (excludes halogenated alkanes) is 2. The number of H-pyrrole nitrogens is 1. The van der Waals surface area contributed by atoms with Crippen LogP contribution in [0.4, 0.5) is 10.1 Å². The van der Waals surface area contributed by atoms with Crippen LogP contribution in [0.5, 0.6) is 0 Å². The lowest BCUT2D eigenvalue weighted by Gasteiger charge is -2.35. The van der Waals surface area contributed by atoms with Crippen LogP contribution in [0.1, 0.15) is 80.9 Å². The van der Waals surface area contributed by atoms with Gasteiger partial charge in [-0.1, -0.05) is 36.8 Å². The molecule has 17 heteroatoms. The molecule has 1 unspecified atom stereocenters. The monoisotopic (exact) mass is 792 g/mol. The van der Waals surface area contributed by atoms with Gasteiger partial charge >= 0.3 is 0 Å². The molecule has 3 aliphatic heterocycles. The minimum absolute atomic E-state index is 0.00189. The molecule has 2 fully saturated rings. The molecule has 3 aromatic carbocycles. The number of nitrogens with zero attached hydrogens (tertiary/aromatic N) is 4. The lowest BCUT2D eigenvalue weighted by atomic mass is 10.0. The van der Waals surface area contributed by atoms with Crippen molar-refractivity contribution >= 4 is 57.8 Å². The molecular weight excluding hydrogens is 751 g/mol. The largest absolute Gasteiger partial charge is 0.339 e. The summed E-state index contributed by atoms with van der Waals surface area (Å²) in [5.41, 5.74) is 1.10. The first kappa shape index (κ1) is 39.6. The molecule has 3 aliphatic rings. The highest BCUT2D eigenvalue weighted by molar-refractivity contribution is 6.26. The van der Waals surface area contributed by atoms with Gasteiger partial charge in [0.05, 0.1) is 40.0 Å². The van der Waals surface area contributed by atoms with Gasteiger partial charge in [0.15, 0.2) is 0 Å². The van der Waals surface area contributed by atoms with Crippen LogP contribution >= 0.6 is 0 Å². The highest BCUT2D eigenvalue weighted by atomic mass is 19.1. The molecule has 1 atom stereocenters. The van der Waals surface area contributed by atoms with E-state index < -0.39 is 47.3 Å². The number of anilines is 1. The van der Waals surface area contributed by atoms with Crippen molar-refractivity contribution in [3.05, 3.63) is 105 Å². The van der Waals surface area contributed by atoms with E-state index >= 15 is 0 Å². The fraction of sp³-hybridized carbons (Fsp3) is 0.341. The molecule has 300 valence electrons. The van der Waals surface area contributed by atoms with Crippen molar-refractivity contribution < 1.29 is 38.0 Å². The van der Waals surface area contributed by atoms with Crippen molar-refractivity contribution in [2.75, 3.05) is 44.6 Å². The van der Waals surface area contributed by atoms with Gasteiger partial charge < -0.3 is 20.4 Å². The number of carbonyl (C=O) groups is 7. The Kier molecular flexibility index (Phi) is 11.8. The van der Waals surface area contributed by atoms with E-state index in [0.717, 1.165) is 11.3 Å². The molecule has 58 heavy (non-hydrogen) atoms. The molecule has 0 spiro atoms. The summed E-state index contributed by atoms with van der Waals surface area (Å²) in [4.78, 5) is 106. The van der Waals surface area contributed by atoms with Gasteiger partial charge in [0.25, 0.3) is 23.3 Å². The van der Waals surface area contributed by atoms with E-state index in [4.69, 9.17) is 0 Å². The Morgan fingerprint density at radius 2 is 1.60 bits per heavy atom. The van der Waals surface area contributed by atoms with Gasteiger partial charge in [0.2, 0.25) is 23.6 Å². The number of hydrogen-bond donors (Lipinski definition) is 4. The third-order valence-electron chi connectivity index (χ3n) is 10.6. The Bertz CT molecular complexity index is 2390. The van der Waals surface area contributed by atoms with E-state index in [1.54, 1.807) is 40.1 Å². The fourth-order valence-electron chi connectivity index (χ4n) is 7.55. The molecule has 7 rings (SSSR count). The van der Waals surface area contributed by atoms with Gasteiger partial charge in [0, 0.05) is 50.8 Å². The Labute approximate surface area is 331 Å². The van der Waals surface area contributed by atoms with Gasteiger partial charge in [-0.25, -0.2) is 9.49 Å². The number of aromatic amines is 1. The van der Waals surface area contributed by atoms with E-state index in [-0.39, 0.29) is 72.7 Å². The SMILES string of the molecule is O=C1CCC(N2C(=O)c3cccc(NC(=O)CNCCCCCC(=O)N4CCN(C(=O)c5cc(Cc6n[nH]c(=O)c7ccccc67)ccc5F)CC4)c3C2=O)C(=O)N1.